The van der Waals surface area contributed by atoms with E-state index >= 15 is 0 Å². The van der Waals surface area contributed by atoms with Crippen LogP contribution in [-0.2, 0) is 50.7 Å². The molecule has 1 aromatic heterocycles. The highest BCUT2D eigenvalue weighted by Crippen LogP contribution is 2.38. The molecule has 4 aliphatic rings. The van der Waals surface area contributed by atoms with Crippen LogP contribution in [0.2, 0.25) is 0 Å². The van der Waals surface area contributed by atoms with Crippen molar-refractivity contribution in [2.75, 3.05) is 45.9 Å². The van der Waals surface area contributed by atoms with Crippen LogP contribution < -0.4 is 17.4 Å². The van der Waals surface area contributed by atoms with Crippen molar-refractivity contribution in [1.82, 2.24) is 34.9 Å². The van der Waals surface area contributed by atoms with Crippen LogP contribution in [0.4, 0.5) is 40.7 Å². The van der Waals surface area contributed by atoms with Crippen molar-refractivity contribution in [2.45, 2.75) is 122 Å². The number of hydrogen-bond donors (Lipinski definition) is 5. The summed E-state index contributed by atoms with van der Waals surface area (Å²) in [4.78, 5) is 40.8. The Morgan fingerprint density at radius 2 is 1.05 bits per heavy atom. The van der Waals surface area contributed by atoms with E-state index in [1.807, 2.05) is 77.9 Å². The number of likely N-dealkylation sites (tertiary alicyclic amines) is 3. The summed E-state index contributed by atoms with van der Waals surface area (Å²) in [6, 6.07) is 24.5. The molecule has 1 spiro atoms. The third-order valence-electron chi connectivity index (χ3n) is 12.1. The fourth-order valence-corrected chi connectivity index (χ4v) is 8.13. The number of epoxide rings is 1. The number of halogens is 6. The van der Waals surface area contributed by atoms with Gasteiger partial charge in [0.15, 0.2) is 0 Å². The zero-order valence-corrected chi connectivity index (χ0v) is 47.5. The number of hydrogen-bond acceptors (Lipinski definition) is 14. The number of nitrogens with one attached hydrogen (secondary N) is 1. The number of nitrogens with zero attached hydrogens (tertiary/aromatic N) is 7. The van der Waals surface area contributed by atoms with Gasteiger partial charge in [-0.2, -0.15) is 31.1 Å². The number of amides is 3. The zero-order chi connectivity index (χ0) is 61.2. The summed E-state index contributed by atoms with van der Waals surface area (Å²) in [5.41, 5.74) is 7.01. The van der Waals surface area contributed by atoms with Crippen LogP contribution >= 0.6 is 0 Å². The summed E-state index contributed by atoms with van der Waals surface area (Å²) in [5.74, 6) is 8.28. The van der Waals surface area contributed by atoms with E-state index in [9.17, 15) is 45.8 Å². The highest BCUT2D eigenvalue weighted by atomic mass is 19.4. The van der Waals surface area contributed by atoms with Crippen molar-refractivity contribution in [3.63, 3.8) is 0 Å². The van der Waals surface area contributed by atoms with E-state index in [0.29, 0.717) is 61.5 Å². The Kier molecular flexibility index (Phi) is 20.8. The van der Waals surface area contributed by atoms with E-state index < -0.39 is 52.0 Å². The molecule has 4 aromatic carbocycles. The number of nitrogen functional groups attached to an aromatic ring is 1. The lowest BCUT2D eigenvalue weighted by molar-refractivity contribution is -0.138. The Hall–Kier alpha value is -7.61. The highest BCUT2D eigenvalue weighted by molar-refractivity contribution is 5.96. The molecule has 8 N–H and O–H groups in total. The Morgan fingerprint density at radius 3 is 1.46 bits per heavy atom. The molecule has 0 saturated carbocycles. The van der Waals surface area contributed by atoms with Crippen molar-refractivity contribution < 1.29 is 64.8 Å². The van der Waals surface area contributed by atoms with Gasteiger partial charge in [0, 0.05) is 24.2 Å². The fourth-order valence-electron chi connectivity index (χ4n) is 8.13. The quantitative estimate of drug-likeness (QED) is 0.0142. The molecule has 4 fully saturated rings. The van der Waals surface area contributed by atoms with E-state index in [0.717, 1.165) is 53.1 Å². The molecule has 0 unspecified atom stereocenters. The van der Waals surface area contributed by atoms with Crippen LogP contribution in [0.1, 0.15) is 101 Å². The minimum atomic E-state index is -4.38. The Morgan fingerprint density at radius 1 is 0.646 bits per heavy atom. The Labute approximate surface area is 472 Å². The van der Waals surface area contributed by atoms with Gasteiger partial charge in [-0.1, -0.05) is 79.4 Å². The van der Waals surface area contributed by atoms with E-state index in [1.54, 1.807) is 42.7 Å². The molecule has 25 heteroatoms. The number of amidine groups is 1. The minimum absolute atomic E-state index is 0.0247. The lowest BCUT2D eigenvalue weighted by atomic mass is 9.95. The second kappa shape index (κ2) is 26.1. The summed E-state index contributed by atoms with van der Waals surface area (Å²) in [7, 11) is 0. The van der Waals surface area contributed by atoms with Crippen molar-refractivity contribution in [1.29, 1.82) is 5.41 Å². The number of β-amino-alcohol motifs (C(OH)–C–C–N with tert-alkyl or cyclic N) is 1. The normalized spacial score (nSPS) is 15.8. The number of tetrazole rings is 1. The van der Waals surface area contributed by atoms with Crippen LogP contribution in [0.3, 0.4) is 0 Å². The predicted molar refractivity (Wildman–Crippen MR) is 294 cm³/mol. The number of carbonyl (C=O) groups is 3. The van der Waals surface area contributed by atoms with E-state index in [1.165, 1.54) is 34.0 Å². The first-order chi connectivity index (χ1) is 38.0. The number of rotatable bonds is 8. The predicted octanol–water partition coefficient (Wildman–Crippen LogP) is 9.13. The number of aliphatic hydroxyl groups is 1. The van der Waals surface area contributed by atoms with Crippen molar-refractivity contribution in [3.05, 3.63) is 148 Å². The van der Waals surface area contributed by atoms with Gasteiger partial charge in [0.2, 0.25) is 5.82 Å². The maximum Gasteiger partial charge on any atom is 0.416 e. The van der Waals surface area contributed by atoms with E-state index in [4.69, 9.17) is 30.1 Å². The van der Waals surface area contributed by atoms with E-state index in [2.05, 4.69) is 33.7 Å². The molecule has 0 atom stereocenters. The van der Waals surface area contributed by atoms with Crippen LogP contribution in [0.25, 0.3) is 11.4 Å². The largest absolute Gasteiger partial charge is 0.444 e. The van der Waals surface area contributed by atoms with E-state index in [-0.39, 0.29) is 43.3 Å². The van der Waals surface area contributed by atoms with Gasteiger partial charge in [-0.05, 0) is 132 Å². The SMILES string of the molecule is C=C1CN(C(=O)OC(C)(C)C)C1.CC(C)(C)OC(=O)N1CC(O)(Cn2nnc(-c3ccccc3Cc3ccc(C(F)(F)F)cc3)n2)C1.CC(C)(C)OC(=O)N1CC2(CO2)C1.N=C(N)c1ccccc1Cc1ccc(C(F)(F)F)cc1.NN. The minimum Gasteiger partial charge on any atom is -0.444 e. The highest BCUT2D eigenvalue weighted by Gasteiger charge is 2.57. The first kappa shape index (κ1) is 65.2. The van der Waals surface area contributed by atoms with Gasteiger partial charge in [-0.3, -0.25) is 17.1 Å². The Bertz CT molecular complexity index is 2980. The first-order valence-corrected chi connectivity index (χ1v) is 25.9. The number of nitrogens with two attached hydrogens (primary N) is 3. The van der Waals surface area contributed by atoms with Crippen LogP contribution in [0.15, 0.2) is 109 Å². The molecular weight excluding hydrogens is 1080 g/mol. The number of benzene rings is 4. The van der Waals surface area contributed by atoms with Gasteiger partial charge in [0.05, 0.1) is 50.5 Å². The third kappa shape index (κ3) is 19.8. The number of carbonyl (C=O) groups excluding carboxylic acids is 3. The van der Waals surface area contributed by atoms with Crippen LogP contribution in [0.5, 0.6) is 0 Å². The molecule has 4 saturated heterocycles. The van der Waals surface area contributed by atoms with Gasteiger partial charge in [-0.15, -0.1) is 10.2 Å². The monoisotopic (exact) mass is 1150 g/mol. The van der Waals surface area contributed by atoms with Crippen molar-refractivity contribution in [3.8, 4) is 11.4 Å². The summed E-state index contributed by atoms with van der Waals surface area (Å²) >= 11 is 0. The second-order valence-corrected chi connectivity index (χ2v) is 23.1. The molecule has 0 radical (unpaired) electrons. The summed E-state index contributed by atoms with van der Waals surface area (Å²) in [5, 5.41) is 30.7. The maximum absolute atomic E-state index is 12.8. The van der Waals surface area contributed by atoms with Crippen LogP contribution in [-0.4, -0.2) is 138 Å². The molecule has 0 aliphatic carbocycles. The summed E-state index contributed by atoms with van der Waals surface area (Å²) in [6.45, 7) is 23.9. The molecule has 19 nitrogen and oxygen atoms in total. The molecule has 9 rings (SSSR count). The molecule has 446 valence electrons. The molecule has 0 bridgehead atoms. The molecule has 5 heterocycles. The summed E-state index contributed by atoms with van der Waals surface area (Å²) < 4.78 is 96.8. The molecule has 4 aliphatic heterocycles. The molecule has 5 aromatic rings. The Balaban J connectivity index is 0.000000220. The maximum atomic E-state index is 12.8. The van der Waals surface area contributed by atoms with Crippen molar-refractivity contribution in [2.24, 2.45) is 17.4 Å². The number of alkyl halides is 6. The first-order valence-electron chi connectivity index (χ1n) is 25.9. The average Bonchev–Trinajstić information content (AvgIpc) is 3.78. The second-order valence-electron chi connectivity index (χ2n) is 23.1. The average molecular weight is 1150 g/mol. The number of aromatic nitrogens is 4. The van der Waals surface area contributed by atoms with Gasteiger partial charge in [0.25, 0.3) is 0 Å². The number of ether oxygens (including phenoxy) is 4. The lowest BCUT2D eigenvalue weighted by Gasteiger charge is -2.45. The smallest absolute Gasteiger partial charge is 0.416 e. The van der Waals surface area contributed by atoms with Crippen molar-refractivity contribution >= 4 is 24.1 Å². The zero-order valence-electron chi connectivity index (χ0n) is 47.5. The van der Waals surface area contributed by atoms with Gasteiger partial charge in [0.1, 0.15) is 33.8 Å². The van der Waals surface area contributed by atoms with Crippen LogP contribution in [0, 0.1) is 5.41 Å². The van der Waals surface area contributed by atoms with Gasteiger partial charge >= 0.3 is 30.6 Å². The standard InChI is InChI=1S/C24H26F3N5O3.C15H13F3N2.C9H15NO3.C9H15NO2.H4N2/c1-22(2,3)35-21(33)31-13-23(34,14-31)15-32-29-20(28-30-32)19-7-5-4-6-17(19)12-16-8-10-18(11-9-16)24(25,26)27;16-15(17,18)12-7-5-10(6-8-12)9-11-3-1-2-4-13(11)14(19)20;1-8(2,3)13-7(11)10-4-9(5-10)6-12-9;1-7-5-10(6-7)8(11)12-9(2,3)4;1-2/h4-11,34H,12-15H2,1-3H3;1-8H,9H2,(H3,19,20);4-6H2,1-3H3;1,5-6H2,2-4H3;1-2H2. The number of hydrazine groups is 1. The topological polar surface area (TPSA) is 267 Å². The lowest BCUT2D eigenvalue weighted by Crippen LogP contribution is -2.65. The van der Waals surface area contributed by atoms with Gasteiger partial charge in [-0.25, -0.2) is 14.4 Å². The fraction of sp³-hybridized carbons (Fsp3) is 0.456. The molecule has 3 amide bonds. The van der Waals surface area contributed by atoms with Gasteiger partial charge < -0.3 is 44.5 Å². The third-order valence-corrected chi connectivity index (χ3v) is 12.1. The molecular formula is C57H73F6N11O8. The summed E-state index contributed by atoms with van der Waals surface area (Å²) in [6.07, 6.45) is -8.84. The molecule has 82 heavy (non-hydrogen) atoms.